The number of pyridine rings is 1. The van der Waals surface area contributed by atoms with Crippen molar-refractivity contribution in [3.05, 3.63) is 84.2 Å². The van der Waals surface area contributed by atoms with Crippen LogP contribution in [0, 0.1) is 0 Å². The minimum absolute atomic E-state index is 0.165. The lowest BCUT2D eigenvalue weighted by Crippen LogP contribution is -2.23. The number of nitrogens with one attached hydrogen (secondary N) is 1. The number of methoxy groups -OCH3 is 2. The Morgan fingerprint density at radius 3 is 2.31 bits per heavy atom. The molecule has 1 atom stereocenters. The van der Waals surface area contributed by atoms with Gasteiger partial charge in [-0.05, 0) is 29.8 Å². The maximum atomic E-state index is 13.0. The van der Waals surface area contributed by atoms with Gasteiger partial charge in [0.05, 0.1) is 19.9 Å². The van der Waals surface area contributed by atoms with Crippen molar-refractivity contribution >= 4 is 11.6 Å². The molecule has 132 valence electrons. The Balaban J connectivity index is 1.92. The molecule has 1 N–H and O–H groups in total. The van der Waals surface area contributed by atoms with Crippen LogP contribution in [-0.2, 0) is 4.79 Å². The lowest BCUT2D eigenvalue weighted by atomic mass is 9.94. The van der Waals surface area contributed by atoms with Crippen LogP contribution in [0.1, 0.15) is 17.2 Å². The van der Waals surface area contributed by atoms with E-state index < -0.39 is 5.92 Å². The van der Waals surface area contributed by atoms with Crippen molar-refractivity contribution in [1.82, 2.24) is 4.98 Å². The van der Waals surface area contributed by atoms with E-state index in [0.29, 0.717) is 22.9 Å². The smallest absolute Gasteiger partial charge is 0.237 e. The highest BCUT2D eigenvalue weighted by Crippen LogP contribution is 2.31. The molecule has 3 rings (SSSR count). The highest BCUT2D eigenvalue weighted by Gasteiger charge is 2.24. The van der Waals surface area contributed by atoms with Crippen LogP contribution >= 0.6 is 0 Å². The maximum absolute atomic E-state index is 13.0. The van der Waals surface area contributed by atoms with Crippen LogP contribution in [0.2, 0.25) is 0 Å². The Hall–Kier alpha value is -3.34. The molecule has 5 nitrogen and oxygen atoms in total. The van der Waals surface area contributed by atoms with E-state index in [-0.39, 0.29) is 5.91 Å². The summed E-state index contributed by atoms with van der Waals surface area (Å²) in [6, 6.07) is 20.4. The number of rotatable bonds is 6. The maximum Gasteiger partial charge on any atom is 0.237 e. The second kappa shape index (κ2) is 8.16. The molecule has 0 aliphatic rings. The molecule has 0 aliphatic heterocycles. The Morgan fingerprint density at radius 2 is 1.65 bits per heavy atom. The number of amides is 1. The quantitative estimate of drug-likeness (QED) is 0.735. The van der Waals surface area contributed by atoms with Gasteiger partial charge >= 0.3 is 0 Å². The van der Waals surface area contributed by atoms with Gasteiger partial charge in [-0.2, -0.15) is 0 Å². The molecule has 5 heteroatoms. The minimum atomic E-state index is -0.509. The molecule has 1 amide bonds. The summed E-state index contributed by atoms with van der Waals surface area (Å²) < 4.78 is 10.5. The van der Waals surface area contributed by atoms with E-state index in [0.717, 1.165) is 5.56 Å². The summed E-state index contributed by atoms with van der Waals surface area (Å²) in [4.78, 5) is 17.4. The number of carbonyl (C=O) groups excluding carboxylic acids is 1. The number of carbonyl (C=O) groups is 1. The summed E-state index contributed by atoms with van der Waals surface area (Å²) in [7, 11) is 3.13. The van der Waals surface area contributed by atoms with E-state index in [9.17, 15) is 4.79 Å². The summed E-state index contributed by atoms with van der Waals surface area (Å²) in [5, 5.41) is 2.95. The van der Waals surface area contributed by atoms with E-state index >= 15 is 0 Å². The van der Waals surface area contributed by atoms with Crippen molar-refractivity contribution in [2.75, 3.05) is 19.5 Å². The molecule has 0 radical (unpaired) electrons. The molecule has 26 heavy (non-hydrogen) atoms. The average Bonchev–Trinajstić information content (AvgIpc) is 2.69. The van der Waals surface area contributed by atoms with Gasteiger partial charge in [-0.3, -0.25) is 9.78 Å². The third-order valence-corrected chi connectivity index (χ3v) is 4.03. The molecule has 0 saturated heterocycles. The highest BCUT2D eigenvalue weighted by molar-refractivity contribution is 5.98. The molecule has 1 unspecified atom stereocenters. The number of benzene rings is 2. The van der Waals surface area contributed by atoms with Gasteiger partial charge in [-0.25, -0.2) is 0 Å². The van der Waals surface area contributed by atoms with Crippen molar-refractivity contribution in [3.8, 4) is 11.5 Å². The van der Waals surface area contributed by atoms with Gasteiger partial charge in [0.2, 0.25) is 5.91 Å². The van der Waals surface area contributed by atoms with E-state index in [1.807, 2.05) is 48.5 Å². The standard InChI is InChI=1S/C21H20N2O3/c1-25-18-12-11-16(14-19(18)26-2)23-21(24)20(15-8-4-3-5-9-15)17-10-6-7-13-22-17/h3-14,20H,1-2H3,(H,23,24). The predicted molar refractivity (Wildman–Crippen MR) is 101 cm³/mol. The number of aromatic nitrogens is 1. The summed E-state index contributed by atoms with van der Waals surface area (Å²) in [5.41, 5.74) is 2.20. The molecule has 2 aromatic carbocycles. The van der Waals surface area contributed by atoms with E-state index in [1.54, 1.807) is 38.6 Å². The molecule has 0 bridgehead atoms. The topological polar surface area (TPSA) is 60.5 Å². The third-order valence-electron chi connectivity index (χ3n) is 4.03. The van der Waals surface area contributed by atoms with Crippen molar-refractivity contribution in [2.24, 2.45) is 0 Å². The fraction of sp³-hybridized carbons (Fsp3) is 0.143. The number of hydrogen-bond acceptors (Lipinski definition) is 4. The Morgan fingerprint density at radius 1 is 0.923 bits per heavy atom. The van der Waals surface area contributed by atoms with Crippen LogP contribution < -0.4 is 14.8 Å². The van der Waals surface area contributed by atoms with Gasteiger partial charge in [0.1, 0.15) is 5.92 Å². The summed E-state index contributed by atoms with van der Waals surface area (Å²) in [6.07, 6.45) is 1.69. The fourth-order valence-electron chi connectivity index (χ4n) is 2.78. The number of nitrogens with zero attached hydrogens (tertiary/aromatic N) is 1. The predicted octanol–water partition coefficient (Wildman–Crippen LogP) is 3.87. The lowest BCUT2D eigenvalue weighted by Gasteiger charge is -2.17. The van der Waals surface area contributed by atoms with E-state index in [2.05, 4.69) is 10.3 Å². The largest absolute Gasteiger partial charge is 0.493 e. The molecule has 0 aliphatic carbocycles. The zero-order valence-electron chi connectivity index (χ0n) is 14.7. The van der Waals surface area contributed by atoms with Crippen molar-refractivity contribution in [1.29, 1.82) is 0 Å². The van der Waals surface area contributed by atoms with Crippen LogP contribution in [0.4, 0.5) is 5.69 Å². The molecular formula is C21H20N2O3. The molecule has 0 fully saturated rings. The molecular weight excluding hydrogens is 328 g/mol. The zero-order chi connectivity index (χ0) is 18.4. The van der Waals surface area contributed by atoms with Gasteiger partial charge in [0, 0.05) is 18.0 Å². The minimum Gasteiger partial charge on any atom is -0.493 e. The molecule has 1 aromatic heterocycles. The monoisotopic (exact) mass is 348 g/mol. The Bertz CT molecular complexity index is 827. The first-order chi connectivity index (χ1) is 12.7. The third kappa shape index (κ3) is 3.83. The Kier molecular flexibility index (Phi) is 5.49. The first-order valence-electron chi connectivity index (χ1n) is 8.21. The molecule has 1 heterocycles. The first kappa shape index (κ1) is 17.5. The second-order valence-corrected chi connectivity index (χ2v) is 5.66. The summed E-state index contributed by atoms with van der Waals surface area (Å²) in [5.74, 6) is 0.488. The van der Waals surface area contributed by atoms with Crippen LogP contribution in [-0.4, -0.2) is 25.1 Å². The molecule has 0 saturated carbocycles. The Labute approximate surface area is 152 Å². The first-order valence-corrected chi connectivity index (χ1v) is 8.21. The SMILES string of the molecule is COc1ccc(NC(=O)C(c2ccccc2)c2ccccn2)cc1OC. The van der Waals surface area contributed by atoms with Gasteiger partial charge in [-0.1, -0.05) is 36.4 Å². The highest BCUT2D eigenvalue weighted by atomic mass is 16.5. The zero-order valence-corrected chi connectivity index (χ0v) is 14.7. The van der Waals surface area contributed by atoms with Crippen LogP contribution in [0.15, 0.2) is 72.9 Å². The lowest BCUT2D eigenvalue weighted by molar-refractivity contribution is -0.116. The number of hydrogen-bond donors (Lipinski definition) is 1. The summed E-state index contributed by atoms with van der Waals surface area (Å²) >= 11 is 0. The van der Waals surface area contributed by atoms with Gasteiger partial charge < -0.3 is 14.8 Å². The van der Waals surface area contributed by atoms with Crippen LogP contribution in [0.25, 0.3) is 0 Å². The van der Waals surface area contributed by atoms with Gasteiger partial charge in [0.25, 0.3) is 0 Å². The van der Waals surface area contributed by atoms with Gasteiger partial charge in [0.15, 0.2) is 11.5 Å². The number of ether oxygens (including phenoxy) is 2. The normalized spacial score (nSPS) is 11.5. The van der Waals surface area contributed by atoms with E-state index in [4.69, 9.17) is 9.47 Å². The number of anilines is 1. The fourth-order valence-corrected chi connectivity index (χ4v) is 2.78. The average molecular weight is 348 g/mol. The molecule has 3 aromatic rings. The van der Waals surface area contributed by atoms with Crippen molar-refractivity contribution < 1.29 is 14.3 Å². The van der Waals surface area contributed by atoms with Crippen LogP contribution in [0.3, 0.4) is 0 Å². The van der Waals surface area contributed by atoms with E-state index in [1.165, 1.54) is 0 Å². The second-order valence-electron chi connectivity index (χ2n) is 5.66. The van der Waals surface area contributed by atoms with Gasteiger partial charge in [-0.15, -0.1) is 0 Å². The summed E-state index contributed by atoms with van der Waals surface area (Å²) in [6.45, 7) is 0. The van der Waals surface area contributed by atoms with Crippen LogP contribution in [0.5, 0.6) is 11.5 Å². The molecule has 0 spiro atoms. The van der Waals surface area contributed by atoms with Crippen molar-refractivity contribution in [3.63, 3.8) is 0 Å². The van der Waals surface area contributed by atoms with Crippen molar-refractivity contribution in [2.45, 2.75) is 5.92 Å².